The van der Waals surface area contributed by atoms with Gasteiger partial charge in [0.2, 0.25) is 5.91 Å². The fourth-order valence-electron chi connectivity index (χ4n) is 4.51. The highest BCUT2D eigenvalue weighted by Crippen LogP contribution is 2.56. The van der Waals surface area contributed by atoms with E-state index in [9.17, 15) is 9.59 Å². The van der Waals surface area contributed by atoms with E-state index in [1.54, 1.807) is 7.11 Å². The van der Waals surface area contributed by atoms with Gasteiger partial charge in [-0.05, 0) is 17.7 Å². The molecule has 2 unspecified atom stereocenters. The van der Waals surface area contributed by atoms with Gasteiger partial charge in [0.1, 0.15) is 6.10 Å². The molecule has 5 heteroatoms. The fraction of sp³-hybridized carbons (Fsp3) is 0.217. The predicted octanol–water partition coefficient (Wildman–Crippen LogP) is 3.15. The van der Waals surface area contributed by atoms with Gasteiger partial charge >= 0.3 is 0 Å². The van der Waals surface area contributed by atoms with Crippen molar-refractivity contribution in [2.75, 3.05) is 7.11 Å². The molecule has 5 nitrogen and oxygen atoms in total. The van der Waals surface area contributed by atoms with Crippen LogP contribution in [-0.4, -0.2) is 29.9 Å². The lowest BCUT2D eigenvalue weighted by Gasteiger charge is -2.42. The first-order valence-electron chi connectivity index (χ1n) is 9.27. The molecule has 1 saturated heterocycles. The summed E-state index contributed by atoms with van der Waals surface area (Å²) in [4.78, 5) is 27.9. The number of imide groups is 1. The molecule has 0 aromatic heterocycles. The van der Waals surface area contributed by atoms with Crippen molar-refractivity contribution in [3.05, 3.63) is 83.5 Å². The van der Waals surface area contributed by atoms with Crippen molar-refractivity contribution in [3.8, 4) is 11.5 Å². The van der Waals surface area contributed by atoms with Gasteiger partial charge in [0.15, 0.2) is 11.5 Å². The molecule has 1 fully saturated rings. The molecule has 28 heavy (non-hydrogen) atoms. The molecule has 0 bridgehead atoms. The Labute approximate surface area is 162 Å². The summed E-state index contributed by atoms with van der Waals surface area (Å²) in [6, 6.07) is 15.2. The van der Waals surface area contributed by atoms with Crippen molar-refractivity contribution in [1.82, 2.24) is 4.90 Å². The minimum Gasteiger partial charge on any atom is -0.493 e. The van der Waals surface area contributed by atoms with Crippen LogP contribution in [0, 0.1) is 0 Å². The Morgan fingerprint density at radius 3 is 2.75 bits per heavy atom. The van der Waals surface area contributed by atoms with Crippen LogP contribution in [0.25, 0.3) is 0 Å². The number of nitrogens with zero attached hydrogens (tertiary/aromatic N) is 1. The number of rotatable bonds is 3. The Hall–Kier alpha value is -3.34. The van der Waals surface area contributed by atoms with Crippen LogP contribution in [0.1, 0.15) is 17.5 Å². The fourth-order valence-corrected chi connectivity index (χ4v) is 4.51. The van der Waals surface area contributed by atoms with E-state index >= 15 is 0 Å². The Bertz CT molecular complexity index is 1040. The molecule has 2 amide bonds. The average Bonchev–Trinajstić information content (AvgIpc) is 3.05. The quantitative estimate of drug-likeness (QED) is 0.776. The van der Waals surface area contributed by atoms with Crippen molar-refractivity contribution in [2.24, 2.45) is 0 Å². The van der Waals surface area contributed by atoms with Gasteiger partial charge in [-0.1, -0.05) is 54.6 Å². The molecule has 2 atom stereocenters. The third-order valence-corrected chi connectivity index (χ3v) is 5.83. The maximum atomic E-state index is 13.4. The highest BCUT2D eigenvalue weighted by molar-refractivity contribution is 6.11. The van der Waals surface area contributed by atoms with E-state index in [1.807, 2.05) is 66.8 Å². The number of carbonyl (C=O) groups excluding carboxylic acids is 2. The number of ether oxygens (including phenoxy) is 2. The lowest BCUT2D eigenvalue weighted by Crippen LogP contribution is -2.55. The first-order valence-corrected chi connectivity index (χ1v) is 9.27. The lowest BCUT2D eigenvalue weighted by atomic mass is 9.64. The number of piperidine rings is 1. The third kappa shape index (κ3) is 2.19. The van der Waals surface area contributed by atoms with Crippen molar-refractivity contribution in [2.45, 2.75) is 24.5 Å². The summed E-state index contributed by atoms with van der Waals surface area (Å²) in [5, 5.41) is 0. The van der Waals surface area contributed by atoms with Crippen LogP contribution in [0.3, 0.4) is 0 Å². The van der Waals surface area contributed by atoms with Crippen LogP contribution >= 0.6 is 0 Å². The number of allylic oxidation sites excluding steroid dienone is 2. The van der Waals surface area contributed by atoms with Gasteiger partial charge in [0, 0.05) is 17.6 Å². The van der Waals surface area contributed by atoms with Gasteiger partial charge in [0.05, 0.1) is 19.1 Å². The zero-order valence-electron chi connectivity index (χ0n) is 15.4. The van der Waals surface area contributed by atoms with Gasteiger partial charge < -0.3 is 9.47 Å². The van der Waals surface area contributed by atoms with E-state index in [4.69, 9.17) is 9.47 Å². The van der Waals surface area contributed by atoms with Gasteiger partial charge in [-0.15, -0.1) is 0 Å². The summed E-state index contributed by atoms with van der Waals surface area (Å²) >= 11 is 0. The van der Waals surface area contributed by atoms with Crippen molar-refractivity contribution in [3.63, 3.8) is 0 Å². The molecular formula is C23H19NO4. The molecule has 1 spiro atoms. The van der Waals surface area contributed by atoms with Crippen LogP contribution in [-0.2, 0) is 21.5 Å². The summed E-state index contributed by atoms with van der Waals surface area (Å²) in [5.74, 6) is 0.782. The van der Waals surface area contributed by atoms with E-state index in [-0.39, 0.29) is 24.8 Å². The van der Waals surface area contributed by atoms with Crippen LogP contribution in [0.2, 0.25) is 0 Å². The number of methoxy groups -OCH3 is 1. The zero-order valence-corrected chi connectivity index (χ0v) is 15.4. The monoisotopic (exact) mass is 373 g/mol. The highest BCUT2D eigenvalue weighted by atomic mass is 16.5. The van der Waals surface area contributed by atoms with Gasteiger partial charge in [-0.25, -0.2) is 0 Å². The predicted molar refractivity (Wildman–Crippen MR) is 103 cm³/mol. The molecule has 0 saturated carbocycles. The molecule has 2 aromatic carbocycles. The lowest BCUT2D eigenvalue weighted by molar-refractivity contribution is -0.148. The topological polar surface area (TPSA) is 55.8 Å². The van der Waals surface area contributed by atoms with Gasteiger partial charge in [-0.2, -0.15) is 0 Å². The number of likely N-dealkylation sites (tertiary alicyclic amines) is 1. The maximum absolute atomic E-state index is 13.4. The van der Waals surface area contributed by atoms with Crippen LogP contribution in [0.15, 0.2) is 72.3 Å². The Balaban J connectivity index is 1.60. The van der Waals surface area contributed by atoms with Crippen molar-refractivity contribution in [1.29, 1.82) is 0 Å². The van der Waals surface area contributed by atoms with Crippen LogP contribution < -0.4 is 9.47 Å². The summed E-state index contributed by atoms with van der Waals surface area (Å²) < 4.78 is 11.6. The van der Waals surface area contributed by atoms with Crippen molar-refractivity contribution < 1.29 is 19.1 Å². The average molecular weight is 373 g/mol. The second-order valence-electron chi connectivity index (χ2n) is 7.26. The molecule has 3 aliphatic rings. The second-order valence-corrected chi connectivity index (χ2v) is 7.26. The summed E-state index contributed by atoms with van der Waals surface area (Å²) in [6.45, 7) is 0.270. The summed E-state index contributed by atoms with van der Waals surface area (Å²) in [7, 11) is 1.59. The molecule has 140 valence electrons. The van der Waals surface area contributed by atoms with E-state index in [2.05, 4.69) is 0 Å². The molecule has 0 N–H and O–H groups in total. The Morgan fingerprint density at radius 1 is 1.14 bits per heavy atom. The summed E-state index contributed by atoms with van der Waals surface area (Å²) in [5.41, 5.74) is 1.57. The molecule has 2 heterocycles. The molecule has 5 rings (SSSR count). The summed E-state index contributed by atoms with van der Waals surface area (Å²) in [6.07, 6.45) is 5.36. The van der Waals surface area contributed by atoms with Crippen molar-refractivity contribution >= 4 is 11.8 Å². The number of fused-ring (bicyclic) bond motifs is 1. The highest BCUT2D eigenvalue weighted by Gasteiger charge is 2.59. The molecule has 2 aliphatic heterocycles. The maximum Gasteiger partial charge on any atom is 0.257 e. The number of hydrogen-bond acceptors (Lipinski definition) is 4. The van der Waals surface area contributed by atoms with Gasteiger partial charge in [0.25, 0.3) is 5.91 Å². The normalized spacial score (nSPS) is 24.8. The van der Waals surface area contributed by atoms with E-state index in [0.717, 1.165) is 11.1 Å². The number of benzene rings is 2. The first-order chi connectivity index (χ1) is 13.6. The number of amides is 2. The standard InChI is InChI=1S/C23H19NO4/c1-27-18-11-5-9-16-21(18)28-19-12-6-10-17-22(26)24(20(25)13-23(16,17)19)14-15-7-3-2-4-8-15/h2-12,19H,13-14H2,1H3. The van der Waals surface area contributed by atoms with E-state index < -0.39 is 11.5 Å². The third-order valence-electron chi connectivity index (χ3n) is 5.83. The number of para-hydroxylation sites is 1. The minimum absolute atomic E-state index is 0.187. The second kappa shape index (κ2) is 6.09. The molecule has 1 aliphatic carbocycles. The zero-order chi connectivity index (χ0) is 19.3. The Morgan fingerprint density at radius 2 is 1.96 bits per heavy atom. The Kier molecular flexibility index (Phi) is 3.66. The number of hydrogen-bond donors (Lipinski definition) is 0. The smallest absolute Gasteiger partial charge is 0.257 e. The SMILES string of the molecule is COc1cccc2c1OC1C=CC=C3C(=O)N(Cc4ccccc4)C(=O)CC321. The van der Waals surface area contributed by atoms with Crippen LogP contribution in [0.4, 0.5) is 0 Å². The largest absolute Gasteiger partial charge is 0.493 e. The molecular weight excluding hydrogens is 354 g/mol. The van der Waals surface area contributed by atoms with Gasteiger partial charge in [-0.3, -0.25) is 14.5 Å². The minimum atomic E-state index is -0.792. The molecule has 0 radical (unpaired) electrons. The first kappa shape index (κ1) is 16.8. The van der Waals surface area contributed by atoms with E-state index in [0.29, 0.717) is 17.1 Å². The number of carbonyl (C=O) groups is 2. The van der Waals surface area contributed by atoms with E-state index in [1.165, 1.54) is 4.90 Å². The van der Waals surface area contributed by atoms with Crippen LogP contribution in [0.5, 0.6) is 11.5 Å². The molecule has 2 aromatic rings.